The Hall–Kier alpha value is -2.60. The van der Waals surface area contributed by atoms with Gasteiger partial charge in [0.1, 0.15) is 11.6 Å². The Bertz CT molecular complexity index is 825. The summed E-state index contributed by atoms with van der Waals surface area (Å²) in [5.41, 5.74) is 1.99. The van der Waals surface area contributed by atoms with E-state index in [0.29, 0.717) is 18.0 Å². The molecule has 0 saturated carbocycles. The van der Waals surface area contributed by atoms with E-state index in [1.165, 1.54) is 11.6 Å². The first-order valence-electron chi connectivity index (χ1n) is 10.5. The smallest absolute Gasteiger partial charge is 0.257 e. The fourth-order valence-corrected chi connectivity index (χ4v) is 3.53. The van der Waals surface area contributed by atoms with Crippen LogP contribution in [0.4, 0.5) is 10.1 Å². The molecule has 6 heteroatoms. The zero-order valence-corrected chi connectivity index (χ0v) is 18.2. The molecule has 0 aromatic heterocycles. The highest BCUT2D eigenvalue weighted by Gasteiger charge is 2.19. The molecule has 1 heterocycles. The number of para-hydroxylation sites is 1. The van der Waals surface area contributed by atoms with Crippen LogP contribution in [0.25, 0.3) is 0 Å². The fourth-order valence-electron chi connectivity index (χ4n) is 3.53. The molecule has 1 fully saturated rings. The molecule has 0 unspecified atom stereocenters. The Morgan fingerprint density at radius 3 is 2.33 bits per heavy atom. The summed E-state index contributed by atoms with van der Waals surface area (Å²) < 4.78 is 19.5. The van der Waals surface area contributed by atoms with E-state index in [4.69, 9.17) is 4.74 Å². The molecular formula is C24H32FN3O2. The summed E-state index contributed by atoms with van der Waals surface area (Å²) in [4.78, 5) is 16.4. The van der Waals surface area contributed by atoms with Crippen molar-refractivity contribution in [3.8, 4) is 5.75 Å². The van der Waals surface area contributed by atoms with Crippen LogP contribution in [0, 0.1) is 5.82 Å². The van der Waals surface area contributed by atoms with Crippen molar-refractivity contribution >= 4 is 11.6 Å². The Balaban J connectivity index is 1.33. The van der Waals surface area contributed by atoms with Gasteiger partial charge in [-0.1, -0.05) is 45.0 Å². The minimum Gasteiger partial charge on any atom is -0.484 e. The third-order valence-corrected chi connectivity index (χ3v) is 5.41. The maximum absolute atomic E-state index is 13.9. The summed E-state index contributed by atoms with van der Waals surface area (Å²) >= 11 is 0. The van der Waals surface area contributed by atoms with Crippen LogP contribution in [0.3, 0.4) is 0 Å². The van der Waals surface area contributed by atoms with Crippen LogP contribution in [0.1, 0.15) is 26.3 Å². The van der Waals surface area contributed by atoms with Crippen LogP contribution in [0.15, 0.2) is 48.5 Å². The molecule has 2 aromatic carbocycles. The minimum absolute atomic E-state index is 0.00985. The third-order valence-electron chi connectivity index (χ3n) is 5.41. The van der Waals surface area contributed by atoms with Gasteiger partial charge in [0, 0.05) is 39.3 Å². The van der Waals surface area contributed by atoms with Crippen molar-refractivity contribution in [1.82, 2.24) is 10.2 Å². The van der Waals surface area contributed by atoms with Crippen molar-refractivity contribution in [1.29, 1.82) is 0 Å². The molecule has 1 N–H and O–H groups in total. The molecule has 162 valence electrons. The van der Waals surface area contributed by atoms with Gasteiger partial charge in [-0.05, 0) is 35.2 Å². The van der Waals surface area contributed by atoms with Crippen molar-refractivity contribution in [3.63, 3.8) is 0 Å². The summed E-state index contributed by atoms with van der Waals surface area (Å²) in [6.07, 6.45) is 0. The van der Waals surface area contributed by atoms with E-state index < -0.39 is 0 Å². The number of halogens is 1. The first-order chi connectivity index (χ1) is 14.3. The molecule has 3 rings (SSSR count). The zero-order valence-electron chi connectivity index (χ0n) is 18.2. The first kappa shape index (κ1) is 22.1. The molecule has 1 saturated heterocycles. The molecule has 30 heavy (non-hydrogen) atoms. The topological polar surface area (TPSA) is 44.8 Å². The van der Waals surface area contributed by atoms with E-state index in [0.717, 1.165) is 32.7 Å². The summed E-state index contributed by atoms with van der Waals surface area (Å²) in [5.74, 6) is 0.397. The van der Waals surface area contributed by atoms with Gasteiger partial charge < -0.3 is 15.0 Å². The maximum Gasteiger partial charge on any atom is 0.257 e. The van der Waals surface area contributed by atoms with E-state index >= 15 is 0 Å². The zero-order chi connectivity index (χ0) is 21.6. The number of hydrogen-bond acceptors (Lipinski definition) is 4. The van der Waals surface area contributed by atoms with Gasteiger partial charge >= 0.3 is 0 Å². The van der Waals surface area contributed by atoms with Gasteiger partial charge in [-0.25, -0.2) is 4.39 Å². The van der Waals surface area contributed by atoms with E-state index in [9.17, 15) is 9.18 Å². The minimum atomic E-state index is -0.175. The summed E-state index contributed by atoms with van der Waals surface area (Å²) in [6.45, 7) is 11.1. The van der Waals surface area contributed by atoms with Crippen LogP contribution >= 0.6 is 0 Å². The van der Waals surface area contributed by atoms with Crippen molar-refractivity contribution in [2.45, 2.75) is 26.2 Å². The number of rotatable bonds is 7. The van der Waals surface area contributed by atoms with Gasteiger partial charge in [-0.3, -0.25) is 9.69 Å². The number of carbonyl (C=O) groups excluding carboxylic acids is 1. The SMILES string of the molecule is CC(C)(C)c1ccc(OCC(=O)NCCN2CCN(c3ccccc3F)CC2)cc1. The molecule has 1 aliphatic heterocycles. The lowest BCUT2D eigenvalue weighted by Crippen LogP contribution is -2.49. The number of nitrogens with zero attached hydrogens (tertiary/aromatic N) is 2. The highest BCUT2D eigenvalue weighted by atomic mass is 19.1. The van der Waals surface area contributed by atoms with E-state index in [1.54, 1.807) is 6.07 Å². The number of piperazine rings is 1. The third kappa shape index (κ3) is 6.20. The van der Waals surface area contributed by atoms with Crippen molar-refractivity contribution < 1.29 is 13.9 Å². The average Bonchev–Trinajstić information content (AvgIpc) is 2.73. The van der Waals surface area contributed by atoms with Crippen LogP contribution in [-0.4, -0.2) is 56.7 Å². The number of amides is 1. The monoisotopic (exact) mass is 413 g/mol. The number of carbonyl (C=O) groups is 1. The number of nitrogens with one attached hydrogen (secondary N) is 1. The van der Waals surface area contributed by atoms with Crippen molar-refractivity contribution in [2.24, 2.45) is 0 Å². The lowest BCUT2D eigenvalue weighted by Gasteiger charge is -2.36. The van der Waals surface area contributed by atoms with Gasteiger partial charge in [0.05, 0.1) is 5.69 Å². The first-order valence-corrected chi connectivity index (χ1v) is 10.5. The molecular weight excluding hydrogens is 381 g/mol. The van der Waals surface area contributed by atoms with Gasteiger partial charge in [-0.15, -0.1) is 0 Å². The summed E-state index contributed by atoms with van der Waals surface area (Å²) in [7, 11) is 0. The lowest BCUT2D eigenvalue weighted by atomic mass is 9.87. The molecule has 1 aliphatic rings. The van der Waals surface area contributed by atoms with Crippen LogP contribution < -0.4 is 15.0 Å². The molecule has 0 bridgehead atoms. The second-order valence-electron chi connectivity index (χ2n) is 8.69. The molecule has 0 spiro atoms. The highest BCUT2D eigenvalue weighted by molar-refractivity contribution is 5.77. The Morgan fingerprint density at radius 1 is 1.03 bits per heavy atom. The molecule has 1 amide bonds. The van der Waals surface area contributed by atoms with Crippen LogP contribution in [-0.2, 0) is 10.2 Å². The van der Waals surface area contributed by atoms with E-state index in [1.807, 2.05) is 36.4 Å². The number of hydrogen-bond donors (Lipinski definition) is 1. The molecule has 5 nitrogen and oxygen atoms in total. The molecule has 2 aromatic rings. The lowest BCUT2D eigenvalue weighted by molar-refractivity contribution is -0.123. The number of ether oxygens (including phenoxy) is 1. The molecule has 0 radical (unpaired) electrons. The van der Waals surface area contributed by atoms with Gasteiger partial charge in [-0.2, -0.15) is 0 Å². The maximum atomic E-state index is 13.9. The van der Waals surface area contributed by atoms with E-state index in [2.05, 4.69) is 35.9 Å². The van der Waals surface area contributed by atoms with E-state index in [-0.39, 0.29) is 23.7 Å². The van der Waals surface area contributed by atoms with Crippen LogP contribution in [0.2, 0.25) is 0 Å². The largest absolute Gasteiger partial charge is 0.484 e. The Kier molecular flexibility index (Phi) is 7.32. The molecule has 0 aliphatic carbocycles. The van der Waals surface area contributed by atoms with Gasteiger partial charge in [0.15, 0.2) is 6.61 Å². The number of anilines is 1. The molecule has 0 atom stereocenters. The number of benzene rings is 2. The predicted octanol–water partition coefficient (Wildman–Crippen LogP) is 3.44. The Labute approximate surface area is 178 Å². The summed E-state index contributed by atoms with van der Waals surface area (Å²) in [6, 6.07) is 14.8. The standard InChI is InChI=1S/C24H32FN3O2/c1-24(2,3)19-8-10-20(11-9-19)30-18-23(29)26-12-13-27-14-16-28(17-15-27)22-7-5-4-6-21(22)25/h4-11H,12-18H2,1-3H3,(H,26,29). The van der Waals surface area contributed by atoms with Crippen molar-refractivity contribution in [2.75, 3.05) is 50.8 Å². The second kappa shape index (κ2) is 9.94. The van der Waals surface area contributed by atoms with Gasteiger partial charge in [0.25, 0.3) is 5.91 Å². The van der Waals surface area contributed by atoms with Crippen LogP contribution in [0.5, 0.6) is 5.75 Å². The van der Waals surface area contributed by atoms with Gasteiger partial charge in [0.2, 0.25) is 0 Å². The normalized spacial score (nSPS) is 15.1. The Morgan fingerprint density at radius 2 is 1.70 bits per heavy atom. The predicted molar refractivity (Wildman–Crippen MR) is 119 cm³/mol. The average molecular weight is 414 g/mol. The highest BCUT2D eigenvalue weighted by Crippen LogP contribution is 2.24. The second-order valence-corrected chi connectivity index (χ2v) is 8.69. The summed E-state index contributed by atoms with van der Waals surface area (Å²) in [5, 5.41) is 2.91. The quantitative estimate of drug-likeness (QED) is 0.755. The fraction of sp³-hybridized carbons (Fsp3) is 0.458. The van der Waals surface area contributed by atoms with Crippen molar-refractivity contribution in [3.05, 3.63) is 59.9 Å².